The Morgan fingerprint density at radius 3 is 2.92 bits per heavy atom. The SMILES string of the molecule is O=C(NCc1c2c(cc3c1OCC3)OCC2)c1c(F)cccc1Cl. The van der Waals surface area contributed by atoms with Gasteiger partial charge in [0, 0.05) is 36.1 Å². The van der Waals surface area contributed by atoms with E-state index in [0.717, 1.165) is 41.0 Å². The topological polar surface area (TPSA) is 47.6 Å². The molecule has 0 saturated carbocycles. The molecule has 0 atom stereocenters. The Hall–Kier alpha value is -2.27. The zero-order valence-corrected chi connectivity index (χ0v) is 13.6. The number of amides is 1. The van der Waals surface area contributed by atoms with Crippen LogP contribution >= 0.6 is 11.6 Å². The van der Waals surface area contributed by atoms with Crippen molar-refractivity contribution in [1.29, 1.82) is 0 Å². The molecule has 1 amide bonds. The van der Waals surface area contributed by atoms with Gasteiger partial charge in [-0.2, -0.15) is 0 Å². The van der Waals surface area contributed by atoms with Crippen LogP contribution in [-0.4, -0.2) is 19.1 Å². The van der Waals surface area contributed by atoms with Crippen LogP contribution in [0.3, 0.4) is 0 Å². The summed E-state index contributed by atoms with van der Waals surface area (Å²) < 4.78 is 25.3. The van der Waals surface area contributed by atoms with Crippen LogP contribution in [0.4, 0.5) is 4.39 Å². The van der Waals surface area contributed by atoms with Gasteiger partial charge in [-0.3, -0.25) is 4.79 Å². The third kappa shape index (κ3) is 2.49. The molecule has 0 radical (unpaired) electrons. The first-order valence-corrected chi connectivity index (χ1v) is 8.18. The van der Waals surface area contributed by atoms with Crippen LogP contribution < -0.4 is 14.8 Å². The summed E-state index contributed by atoms with van der Waals surface area (Å²) in [5.41, 5.74) is 2.92. The van der Waals surface area contributed by atoms with Gasteiger partial charge < -0.3 is 14.8 Å². The number of nitrogens with one attached hydrogen (secondary N) is 1. The van der Waals surface area contributed by atoms with Crippen molar-refractivity contribution in [2.24, 2.45) is 0 Å². The molecule has 2 aromatic carbocycles. The van der Waals surface area contributed by atoms with E-state index in [-0.39, 0.29) is 17.1 Å². The quantitative estimate of drug-likeness (QED) is 0.927. The summed E-state index contributed by atoms with van der Waals surface area (Å²) in [4.78, 5) is 12.4. The van der Waals surface area contributed by atoms with E-state index < -0.39 is 11.7 Å². The molecule has 0 aromatic heterocycles. The van der Waals surface area contributed by atoms with Crippen LogP contribution in [0.25, 0.3) is 0 Å². The molecule has 0 spiro atoms. The first kappa shape index (κ1) is 15.3. The summed E-state index contributed by atoms with van der Waals surface area (Å²) in [6.07, 6.45) is 1.60. The number of hydrogen-bond donors (Lipinski definition) is 1. The zero-order valence-electron chi connectivity index (χ0n) is 12.8. The lowest BCUT2D eigenvalue weighted by molar-refractivity contribution is 0.0946. The van der Waals surface area contributed by atoms with Crippen LogP contribution in [-0.2, 0) is 19.4 Å². The van der Waals surface area contributed by atoms with E-state index in [2.05, 4.69) is 5.32 Å². The first-order chi connectivity index (χ1) is 11.6. The highest BCUT2D eigenvalue weighted by Crippen LogP contribution is 2.40. The Morgan fingerprint density at radius 2 is 2.08 bits per heavy atom. The maximum atomic E-state index is 13.9. The van der Waals surface area contributed by atoms with Crippen molar-refractivity contribution in [3.63, 3.8) is 0 Å². The van der Waals surface area contributed by atoms with E-state index in [1.807, 2.05) is 6.07 Å². The second-order valence-corrected chi connectivity index (χ2v) is 6.20. The van der Waals surface area contributed by atoms with Crippen LogP contribution in [0.5, 0.6) is 11.5 Å². The second kappa shape index (κ2) is 5.98. The summed E-state index contributed by atoms with van der Waals surface area (Å²) in [5, 5.41) is 2.85. The standard InChI is InChI=1S/C18H15ClFNO3/c19-13-2-1-3-14(20)16(13)18(22)21-9-12-11-5-7-23-15(11)8-10-4-6-24-17(10)12/h1-3,8H,4-7,9H2,(H,21,22). The predicted octanol–water partition coefficient (Wildman–Crippen LogP) is 3.28. The minimum absolute atomic E-state index is 0.0932. The van der Waals surface area contributed by atoms with Crippen LogP contribution in [0.2, 0.25) is 5.02 Å². The predicted molar refractivity (Wildman–Crippen MR) is 87.4 cm³/mol. The fourth-order valence-corrected chi connectivity index (χ4v) is 3.49. The van der Waals surface area contributed by atoms with Gasteiger partial charge in [0.15, 0.2) is 0 Å². The third-order valence-corrected chi connectivity index (χ3v) is 4.69. The molecule has 2 aliphatic rings. The molecule has 0 bridgehead atoms. The summed E-state index contributed by atoms with van der Waals surface area (Å²) in [6.45, 7) is 1.50. The number of benzene rings is 2. The fraction of sp³-hybridized carbons (Fsp3) is 0.278. The first-order valence-electron chi connectivity index (χ1n) is 7.80. The molecular weight excluding hydrogens is 333 g/mol. The molecule has 0 saturated heterocycles. The molecule has 0 aliphatic carbocycles. The van der Waals surface area contributed by atoms with Gasteiger partial charge in [0.05, 0.1) is 23.8 Å². The summed E-state index contributed by atoms with van der Waals surface area (Å²) >= 11 is 5.95. The van der Waals surface area contributed by atoms with Gasteiger partial charge in [0.2, 0.25) is 0 Å². The van der Waals surface area contributed by atoms with Crippen molar-refractivity contribution in [2.45, 2.75) is 19.4 Å². The maximum absolute atomic E-state index is 13.9. The number of halogens is 2. The highest BCUT2D eigenvalue weighted by Gasteiger charge is 2.27. The average molecular weight is 348 g/mol. The number of fused-ring (bicyclic) bond motifs is 2. The third-order valence-electron chi connectivity index (χ3n) is 4.38. The lowest BCUT2D eigenvalue weighted by Gasteiger charge is -2.14. The molecule has 2 heterocycles. The van der Waals surface area contributed by atoms with Gasteiger partial charge in [-0.1, -0.05) is 17.7 Å². The monoisotopic (exact) mass is 347 g/mol. The van der Waals surface area contributed by atoms with Gasteiger partial charge in [-0.05, 0) is 18.2 Å². The lowest BCUT2D eigenvalue weighted by Crippen LogP contribution is -2.25. The molecule has 24 heavy (non-hydrogen) atoms. The fourth-order valence-electron chi connectivity index (χ4n) is 3.24. The normalized spacial score (nSPS) is 14.6. The molecule has 1 N–H and O–H groups in total. The number of hydrogen-bond acceptors (Lipinski definition) is 3. The molecule has 6 heteroatoms. The second-order valence-electron chi connectivity index (χ2n) is 5.80. The van der Waals surface area contributed by atoms with Gasteiger partial charge in [0.1, 0.15) is 17.3 Å². The molecule has 2 aromatic rings. The highest BCUT2D eigenvalue weighted by atomic mass is 35.5. The molecule has 4 rings (SSSR count). The van der Waals surface area contributed by atoms with Crippen LogP contribution in [0, 0.1) is 5.82 Å². The molecule has 4 nitrogen and oxygen atoms in total. The van der Waals surface area contributed by atoms with Gasteiger partial charge in [-0.15, -0.1) is 0 Å². The van der Waals surface area contributed by atoms with Crippen LogP contribution in [0.15, 0.2) is 24.3 Å². The van der Waals surface area contributed by atoms with E-state index in [1.165, 1.54) is 18.2 Å². The van der Waals surface area contributed by atoms with Crippen molar-refractivity contribution >= 4 is 17.5 Å². The summed E-state index contributed by atoms with van der Waals surface area (Å²) in [5.74, 6) is 0.496. The Labute approximate surface area is 143 Å². The Bertz CT molecular complexity index is 785. The maximum Gasteiger partial charge on any atom is 0.256 e. The smallest absolute Gasteiger partial charge is 0.256 e. The van der Waals surface area contributed by atoms with E-state index in [9.17, 15) is 9.18 Å². The summed E-state index contributed by atoms with van der Waals surface area (Å²) in [7, 11) is 0. The largest absolute Gasteiger partial charge is 0.493 e. The number of carbonyl (C=O) groups excluding carboxylic acids is 1. The molecule has 0 fully saturated rings. The Morgan fingerprint density at radius 1 is 1.25 bits per heavy atom. The highest BCUT2D eigenvalue weighted by molar-refractivity contribution is 6.33. The van der Waals surface area contributed by atoms with Crippen LogP contribution in [0.1, 0.15) is 27.0 Å². The van der Waals surface area contributed by atoms with Gasteiger partial charge in [0.25, 0.3) is 5.91 Å². The summed E-state index contributed by atoms with van der Waals surface area (Å²) in [6, 6.07) is 6.20. The van der Waals surface area contributed by atoms with E-state index in [4.69, 9.17) is 21.1 Å². The molecular formula is C18H15ClFNO3. The average Bonchev–Trinajstić information content (AvgIpc) is 3.19. The number of rotatable bonds is 3. The molecule has 0 unspecified atom stereocenters. The van der Waals surface area contributed by atoms with Crippen molar-refractivity contribution < 1.29 is 18.7 Å². The minimum atomic E-state index is -0.636. The zero-order chi connectivity index (χ0) is 16.7. The Balaban J connectivity index is 1.62. The van der Waals surface area contributed by atoms with Crippen molar-refractivity contribution in [2.75, 3.05) is 13.2 Å². The number of ether oxygens (including phenoxy) is 2. The van der Waals surface area contributed by atoms with Gasteiger partial charge >= 0.3 is 0 Å². The number of carbonyl (C=O) groups is 1. The lowest BCUT2D eigenvalue weighted by atomic mass is 9.99. The van der Waals surface area contributed by atoms with Crippen molar-refractivity contribution in [1.82, 2.24) is 5.32 Å². The Kier molecular flexibility index (Phi) is 3.81. The van der Waals surface area contributed by atoms with Crippen molar-refractivity contribution in [3.8, 4) is 11.5 Å². The van der Waals surface area contributed by atoms with Gasteiger partial charge in [-0.25, -0.2) is 4.39 Å². The van der Waals surface area contributed by atoms with Crippen molar-refractivity contribution in [3.05, 3.63) is 57.4 Å². The molecule has 124 valence electrons. The van der Waals surface area contributed by atoms with E-state index >= 15 is 0 Å². The molecule has 2 aliphatic heterocycles. The van der Waals surface area contributed by atoms with E-state index in [0.29, 0.717) is 13.2 Å². The van der Waals surface area contributed by atoms with E-state index in [1.54, 1.807) is 0 Å². The minimum Gasteiger partial charge on any atom is -0.493 e.